The fraction of sp³-hybridized carbons (Fsp3) is 0.500. The van der Waals surface area contributed by atoms with Gasteiger partial charge in [-0.3, -0.25) is 4.79 Å². The van der Waals surface area contributed by atoms with E-state index in [4.69, 9.17) is 4.74 Å². The summed E-state index contributed by atoms with van der Waals surface area (Å²) in [6, 6.07) is 4.82. The lowest BCUT2D eigenvalue weighted by Gasteiger charge is -2.17. The molecule has 1 amide bonds. The van der Waals surface area contributed by atoms with Gasteiger partial charge in [-0.1, -0.05) is 6.07 Å². The van der Waals surface area contributed by atoms with Crippen LogP contribution in [0.5, 0.6) is 11.5 Å². The zero-order chi connectivity index (χ0) is 14.7. The average Bonchev–Trinajstić information content (AvgIpc) is 2.77. The second-order valence-corrected chi connectivity index (χ2v) is 4.96. The molecule has 0 saturated carbocycles. The first-order valence-corrected chi connectivity index (χ1v) is 6.48. The van der Waals surface area contributed by atoms with E-state index < -0.39 is 6.61 Å². The van der Waals surface area contributed by atoms with Crippen molar-refractivity contribution in [1.29, 1.82) is 0 Å². The van der Waals surface area contributed by atoms with Crippen LogP contribution in [0.15, 0.2) is 18.2 Å². The van der Waals surface area contributed by atoms with Crippen molar-refractivity contribution in [3.63, 3.8) is 0 Å². The van der Waals surface area contributed by atoms with Crippen LogP contribution in [0, 0.1) is 0 Å². The molecular formula is C14H17F2NO3. The Labute approximate surface area is 116 Å². The molecule has 0 radical (unpaired) electrons. The molecule has 0 bridgehead atoms. The van der Waals surface area contributed by atoms with Gasteiger partial charge in [0, 0.05) is 18.9 Å². The molecule has 0 spiro atoms. The van der Waals surface area contributed by atoms with Gasteiger partial charge in [0.1, 0.15) is 0 Å². The molecule has 1 atom stereocenters. The fourth-order valence-electron chi connectivity index (χ4n) is 2.16. The second-order valence-electron chi connectivity index (χ2n) is 4.96. The van der Waals surface area contributed by atoms with Crippen molar-refractivity contribution in [2.45, 2.75) is 38.9 Å². The Bertz CT molecular complexity index is 491. The molecule has 1 aromatic rings. The average molecular weight is 285 g/mol. The van der Waals surface area contributed by atoms with Crippen molar-refractivity contribution in [3.05, 3.63) is 23.8 Å². The van der Waals surface area contributed by atoms with Gasteiger partial charge in [0.2, 0.25) is 5.91 Å². The number of benzene rings is 1. The van der Waals surface area contributed by atoms with Crippen LogP contribution in [0.2, 0.25) is 0 Å². The maximum absolute atomic E-state index is 12.4. The second kappa shape index (κ2) is 6.07. The van der Waals surface area contributed by atoms with Gasteiger partial charge >= 0.3 is 6.61 Å². The molecule has 6 heteroatoms. The number of nitrogens with one attached hydrogen (secondary N) is 1. The van der Waals surface area contributed by atoms with Crippen molar-refractivity contribution >= 4 is 5.91 Å². The van der Waals surface area contributed by atoms with Crippen molar-refractivity contribution in [1.82, 2.24) is 5.32 Å². The fourth-order valence-corrected chi connectivity index (χ4v) is 2.16. The minimum atomic E-state index is -2.90. The summed E-state index contributed by atoms with van der Waals surface area (Å²) in [7, 11) is 0. The number of alkyl halides is 2. The van der Waals surface area contributed by atoms with Crippen LogP contribution in [0.25, 0.3) is 0 Å². The van der Waals surface area contributed by atoms with Gasteiger partial charge in [0.25, 0.3) is 0 Å². The van der Waals surface area contributed by atoms with Gasteiger partial charge in [0.15, 0.2) is 11.5 Å². The molecule has 0 aliphatic carbocycles. The first-order chi connectivity index (χ1) is 9.45. The molecule has 1 aliphatic rings. The Balaban J connectivity index is 2.25. The van der Waals surface area contributed by atoms with Crippen molar-refractivity contribution in [2.24, 2.45) is 0 Å². The van der Waals surface area contributed by atoms with E-state index in [-0.39, 0.29) is 29.4 Å². The molecule has 0 aromatic heterocycles. The minimum Gasteiger partial charge on any atom is -0.487 e. The number of rotatable bonds is 5. The molecule has 1 fully saturated rings. The van der Waals surface area contributed by atoms with Gasteiger partial charge < -0.3 is 14.8 Å². The van der Waals surface area contributed by atoms with Crippen LogP contribution >= 0.6 is 0 Å². The normalized spacial score (nSPS) is 18.5. The lowest BCUT2D eigenvalue weighted by molar-refractivity contribution is -0.119. The SMILES string of the molecule is CC(C)Oc1cc([C@H]2CNC(=O)C2)ccc1OC(F)F. The summed E-state index contributed by atoms with van der Waals surface area (Å²) in [6.45, 7) is 1.26. The number of hydrogen-bond donors (Lipinski definition) is 1. The molecule has 2 rings (SSSR count). The number of carbonyl (C=O) groups is 1. The Hall–Kier alpha value is -1.85. The van der Waals surface area contributed by atoms with E-state index in [1.165, 1.54) is 6.07 Å². The lowest BCUT2D eigenvalue weighted by Crippen LogP contribution is -2.13. The summed E-state index contributed by atoms with van der Waals surface area (Å²) in [5, 5.41) is 2.74. The van der Waals surface area contributed by atoms with Gasteiger partial charge in [0.05, 0.1) is 6.10 Å². The molecular weight excluding hydrogens is 268 g/mol. The van der Waals surface area contributed by atoms with Gasteiger partial charge in [-0.2, -0.15) is 8.78 Å². The highest BCUT2D eigenvalue weighted by atomic mass is 19.3. The first-order valence-electron chi connectivity index (χ1n) is 6.48. The quantitative estimate of drug-likeness (QED) is 0.904. The highest BCUT2D eigenvalue weighted by molar-refractivity contribution is 5.79. The van der Waals surface area contributed by atoms with Gasteiger partial charge in [-0.05, 0) is 31.5 Å². The van der Waals surface area contributed by atoms with Crippen LogP contribution < -0.4 is 14.8 Å². The Morgan fingerprint density at radius 1 is 1.25 bits per heavy atom. The van der Waals surface area contributed by atoms with Crippen molar-refractivity contribution in [2.75, 3.05) is 6.54 Å². The summed E-state index contributed by atoms with van der Waals surface area (Å²) < 4.78 is 34.7. The summed E-state index contributed by atoms with van der Waals surface area (Å²) in [4.78, 5) is 11.2. The third-order valence-corrected chi connectivity index (χ3v) is 3.00. The topological polar surface area (TPSA) is 47.6 Å². The zero-order valence-electron chi connectivity index (χ0n) is 11.4. The Morgan fingerprint density at radius 3 is 2.55 bits per heavy atom. The molecule has 20 heavy (non-hydrogen) atoms. The third-order valence-electron chi connectivity index (χ3n) is 3.00. The zero-order valence-corrected chi connectivity index (χ0v) is 11.4. The number of halogens is 2. The van der Waals surface area contributed by atoms with E-state index >= 15 is 0 Å². The van der Waals surface area contributed by atoms with Crippen LogP contribution in [0.3, 0.4) is 0 Å². The number of carbonyl (C=O) groups excluding carboxylic acids is 1. The molecule has 1 aromatic carbocycles. The van der Waals surface area contributed by atoms with Crippen LogP contribution in [0.1, 0.15) is 31.7 Å². The first kappa shape index (κ1) is 14.6. The smallest absolute Gasteiger partial charge is 0.387 e. The van der Waals surface area contributed by atoms with Crippen molar-refractivity contribution < 1.29 is 23.0 Å². The third kappa shape index (κ3) is 3.59. The molecule has 1 heterocycles. The van der Waals surface area contributed by atoms with Crippen LogP contribution in [-0.2, 0) is 4.79 Å². The largest absolute Gasteiger partial charge is 0.487 e. The molecule has 1 saturated heterocycles. The molecule has 0 unspecified atom stereocenters. The summed E-state index contributed by atoms with van der Waals surface area (Å²) in [5.74, 6) is 0.318. The molecule has 1 N–H and O–H groups in total. The molecule has 1 aliphatic heterocycles. The maximum atomic E-state index is 12.4. The van der Waals surface area contributed by atoms with E-state index in [1.54, 1.807) is 26.0 Å². The highest BCUT2D eigenvalue weighted by Crippen LogP contribution is 2.34. The summed E-state index contributed by atoms with van der Waals surface area (Å²) >= 11 is 0. The van der Waals surface area contributed by atoms with E-state index in [1.807, 2.05) is 0 Å². The predicted molar refractivity (Wildman–Crippen MR) is 69.2 cm³/mol. The van der Waals surface area contributed by atoms with E-state index in [0.29, 0.717) is 13.0 Å². The number of hydrogen-bond acceptors (Lipinski definition) is 3. The van der Waals surface area contributed by atoms with Crippen molar-refractivity contribution in [3.8, 4) is 11.5 Å². The van der Waals surface area contributed by atoms with E-state index in [2.05, 4.69) is 10.1 Å². The van der Waals surface area contributed by atoms with E-state index in [0.717, 1.165) is 5.56 Å². The molecule has 4 nitrogen and oxygen atoms in total. The lowest BCUT2D eigenvalue weighted by atomic mass is 9.98. The maximum Gasteiger partial charge on any atom is 0.387 e. The van der Waals surface area contributed by atoms with Gasteiger partial charge in [-0.25, -0.2) is 0 Å². The molecule has 110 valence electrons. The van der Waals surface area contributed by atoms with E-state index in [9.17, 15) is 13.6 Å². The number of ether oxygens (including phenoxy) is 2. The van der Waals surface area contributed by atoms with Gasteiger partial charge in [-0.15, -0.1) is 0 Å². The van der Waals surface area contributed by atoms with Crippen LogP contribution in [0.4, 0.5) is 8.78 Å². The summed E-state index contributed by atoms with van der Waals surface area (Å²) in [6.07, 6.45) is 0.240. The monoisotopic (exact) mass is 285 g/mol. The minimum absolute atomic E-state index is 0.00534. The Kier molecular flexibility index (Phi) is 4.42. The Morgan fingerprint density at radius 2 is 2.00 bits per heavy atom. The number of amides is 1. The van der Waals surface area contributed by atoms with Crippen LogP contribution in [-0.4, -0.2) is 25.2 Å². The predicted octanol–water partition coefficient (Wildman–Crippen LogP) is 2.68. The standard InChI is InChI=1S/C14H17F2NO3/c1-8(2)19-12-5-9(10-6-13(18)17-7-10)3-4-11(12)20-14(15)16/h3-5,8,10,14H,6-7H2,1-2H3,(H,17,18)/t10-/m1/s1. The highest BCUT2D eigenvalue weighted by Gasteiger charge is 2.24. The summed E-state index contributed by atoms with van der Waals surface area (Å²) in [5.41, 5.74) is 0.876.